The molecule has 26 heavy (non-hydrogen) atoms. The molecule has 1 aliphatic rings. The van der Waals surface area contributed by atoms with Crippen LogP contribution in [0.2, 0.25) is 0 Å². The van der Waals surface area contributed by atoms with Gasteiger partial charge in [0.2, 0.25) is 5.91 Å². The minimum Gasteiger partial charge on any atom is -0.480 e. The average molecular weight is 350 g/mol. The van der Waals surface area contributed by atoms with Crippen molar-refractivity contribution in [3.8, 4) is 0 Å². The van der Waals surface area contributed by atoms with E-state index in [-0.39, 0.29) is 30.8 Å². The van der Waals surface area contributed by atoms with Gasteiger partial charge < -0.3 is 10.4 Å². The Kier molecular flexibility index (Phi) is 4.12. The van der Waals surface area contributed by atoms with Crippen LogP contribution in [0.15, 0.2) is 48.7 Å². The minimum absolute atomic E-state index is 0.00376. The van der Waals surface area contributed by atoms with Crippen LogP contribution < -0.4 is 5.32 Å². The monoisotopic (exact) mass is 350 g/mol. The van der Waals surface area contributed by atoms with Crippen molar-refractivity contribution in [3.63, 3.8) is 0 Å². The number of carbonyl (C=O) groups is 2. The van der Waals surface area contributed by atoms with Crippen molar-refractivity contribution < 1.29 is 14.7 Å². The normalized spacial score (nSPS) is 18.6. The summed E-state index contributed by atoms with van der Waals surface area (Å²) in [4.78, 5) is 23.0. The van der Waals surface area contributed by atoms with Crippen LogP contribution >= 0.6 is 0 Å². The Balaban J connectivity index is 1.34. The zero-order valence-electron chi connectivity index (χ0n) is 14.0. The number of fused-ring (bicyclic) bond motifs is 1. The molecule has 1 amide bonds. The number of amides is 1. The van der Waals surface area contributed by atoms with E-state index in [1.807, 2.05) is 12.1 Å². The molecular formula is C19H18N4O3. The van der Waals surface area contributed by atoms with Crippen LogP contribution in [0.3, 0.4) is 0 Å². The molecule has 1 saturated carbocycles. The Morgan fingerprint density at radius 3 is 2.81 bits per heavy atom. The van der Waals surface area contributed by atoms with Gasteiger partial charge in [-0.05, 0) is 28.7 Å². The second-order valence-electron chi connectivity index (χ2n) is 6.57. The number of nitrogens with zero attached hydrogens (tertiary/aromatic N) is 3. The number of hydrogen-bond donors (Lipinski definition) is 2. The van der Waals surface area contributed by atoms with E-state index in [4.69, 9.17) is 5.11 Å². The number of nitrogens with one attached hydrogen (secondary N) is 1. The maximum atomic E-state index is 12.4. The lowest BCUT2D eigenvalue weighted by molar-refractivity contribution is -0.138. The smallest absolute Gasteiger partial charge is 0.325 e. The Morgan fingerprint density at radius 2 is 2.00 bits per heavy atom. The van der Waals surface area contributed by atoms with Crippen LogP contribution in [0.1, 0.15) is 23.6 Å². The van der Waals surface area contributed by atoms with Gasteiger partial charge in [-0.3, -0.25) is 9.59 Å². The van der Waals surface area contributed by atoms with Gasteiger partial charge in [-0.1, -0.05) is 47.7 Å². The summed E-state index contributed by atoms with van der Waals surface area (Å²) in [5, 5.41) is 21.6. The van der Waals surface area contributed by atoms with Crippen LogP contribution in [0.25, 0.3) is 10.8 Å². The zero-order valence-corrected chi connectivity index (χ0v) is 14.0. The molecule has 0 spiro atoms. The molecule has 2 N–H and O–H groups in total. The highest BCUT2D eigenvalue weighted by molar-refractivity contribution is 5.85. The van der Waals surface area contributed by atoms with Gasteiger partial charge in [-0.2, -0.15) is 0 Å². The van der Waals surface area contributed by atoms with E-state index in [9.17, 15) is 9.59 Å². The molecule has 0 bridgehead atoms. The summed E-state index contributed by atoms with van der Waals surface area (Å²) in [6.07, 6.45) is 2.37. The molecule has 2 unspecified atom stereocenters. The van der Waals surface area contributed by atoms with E-state index in [2.05, 4.69) is 46.0 Å². The summed E-state index contributed by atoms with van der Waals surface area (Å²) in [6.45, 7) is 0.00695. The predicted molar refractivity (Wildman–Crippen MR) is 94.3 cm³/mol. The lowest BCUT2D eigenvalue weighted by Crippen LogP contribution is -2.25. The van der Waals surface area contributed by atoms with E-state index in [1.54, 1.807) is 0 Å². The summed E-state index contributed by atoms with van der Waals surface area (Å²) in [7, 11) is 0. The molecule has 1 heterocycles. The van der Waals surface area contributed by atoms with E-state index in [0.29, 0.717) is 5.69 Å². The molecule has 0 aliphatic heterocycles. The zero-order chi connectivity index (χ0) is 18.1. The van der Waals surface area contributed by atoms with E-state index in [0.717, 1.165) is 6.42 Å². The SMILES string of the molecule is O=C(O)Cn1cc(CNC(=O)C2CC2c2ccc3ccccc3c2)nn1. The highest BCUT2D eigenvalue weighted by Crippen LogP contribution is 2.48. The number of carboxylic acid groups (broad SMARTS) is 1. The molecule has 7 nitrogen and oxygen atoms in total. The topological polar surface area (TPSA) is 97.1 Å². The number of carboxylic acids is 1. The molecule has 2 atom stereocenters. The van der Waals surface area contributed by atoms with Gasteiger partial charge in [-0.25, -0.2) is 4.68 Å². The van der Waals surface area contributed by atoms with Crippen LogP contribution in [0.4, 0.5) is 0 Å². The van der Waals surface area contributed by atoms with Crippen molar-refractivity contribution in [2.75, 3.05) is 0 Å². The number of benzene rings is 2. The fraction of sp³-hybridized carbons (Fsp3) is 0.263. The van der Waals surface area contributed by atoms with Crippen molar-refractivity contribution >= 4 is 22.6 Å². The van der Waals surface area contributed by atoms with Gasteiger partial charge in [0.15, 0.2) is 0 Å². The summed E-state index contributed by atoms with van der Waals surface area (Å²) in [6, 6.07) is 14.5. The van der Waals surface area contributed by atoms with Crippen molar-refractivity contribution in [1.82, 2.24) is 20.3 Å². The van der Waals surface area contributed by atoms with E-state index >= 15 is 0 Å². The summed E-state index contributed by atoms with van der Waals surface area (Å²) < 4.78 is 1.23. The van der Waals surface area contributed by atoms with E-state index < -0.39 is 5.97 Å². The Labute approximate surface area is 149 Å². The molecule has 1 aromatic heterocycles. The van der Waals surface area contributed by atoms with Crippen LogP contribution in [0.5, 0.6) is 0 Å². The predicted octanol–water partition coefficient (Wildman–Crippen LogP) is 1.94. The fourth-order valence-electron chi connectivity index (χ4n) is 3.24. The maximum Gasteiger partial charge on any atom is 0.325 e. The molecule has 4 rings (SSSR count). The fourth-order valence-corrected chi connectivity index (χ4v) is 3.24. The van der Waals surface area contributed by atoms with Crippen molar-refractivity contribution in [3.05, 3.63) is 59.9 Å². The largest absolute Gasteiger partial charge is 0.480 e. The Hall–Kier alpha value is -3.22. The Morgan fingerprint density at radius 1 is 1.19 bits per heavy atom. The van der Waals surface area contributed by atoms with Crippen LogP contribution in [-0.4, -0.2) is 32.0 Å². The first-order valence-corrected chi connectivity index (χ1v) is 8.47. The van der Waals surface area contributed by atoms with Gasteiger partial charge in [0, 0.05) is 5.92 Å². The lowest BCUT2D eigenvalue weighted by atomic mass is 10.0. The number of rotatable bonds is 6. The summed E-state index contributed by atoms with van der Waals surface area (Å²) in [5.74, 6) is -0.759. The third-order valence-corrected chi connectivity index (χ3v) is 4.66. The highest BCUT2D eigenvalue weighted by Gasteiger charge is 2.43. The first-order valence-electron chi connectivity index (χ1n) is 8.47. The van der Waals surface area contributed by atoms with Gasteiger partial charge in [0.1, 0.15) is 12.2 Å². The molecule has 1 fully saturated rings. The van der Waals surface area contributed by atoms with Crippen LogP contribution in [-0.2, 0) is 22.7 Å². The number of carbonyl (C=O) groups excluding carboxylic acids is 1. The van der Waals surface area contributed by atoms with Crippen molar-refractivity contribution in [2.45, 2.75) is 25.4 Å². The maximum absolute atomic E-state index is 12.4. The van der Waals surface area contributed by atoms with Crippen molar-refractivity contribution in [2.24, 2.45) is 5.92 Å². The first kappa shape index (κ1) is 16.3. The third-order valence-electron chi connectivity index (χ3n) is 4.66. The summed E-state index contributed by atoms with van der Waals surface area (Å²) >= 11 is 0. The second kappa shape index (κ2) is 6.59. The number of hydrogen-bond acceptors (Lipinski definition) is 4. The molecule has 7 heteroatoms. The van der Waals surface area contributed by atoms with Crippen LogP contribution in [0, 0.1) is 5.92 Å². The molecular weight excluding hydrogens is 332 g/mol. The second-order valence-corrected chi connectivity index (χ2v) is 6.57. The number of aliphatic carboxylic acids is 1. The lowest BCUT2D eigenvalue weighted by Gasteiger charge is -2.04. The quantitative estimate of drug-likeness (QED) is 0.708. The van der Waals surface area contributed by atoms with Crippen molar-refractivity contribution in [1.29, 1.82) is 0 Å². The van der Waals surface area contributed by atoms with Gasteiger partial charge >= 0.3 is 5.97 Å². The number of aromatic nitrogens is 3. The third kappa shape index (κ3) is 3.42. The molecule has 2 aromatic carbocycles. The highest BCUT2D eigenvalue weighted by atomic mass is 16.4. The Bertz CT molecular complexity index is 982. The minimum atomic E-state index is -0.985. The molecule has 0 radical (unpaired) electrons. The molecule has 132 valence electrons. The summed E-state index contributed by atoms with van der Waals surface area (Å²) in [5.41, 5.74) is 1.73. The standard InChI is InChI=1S/C19H18N4O3/c24-18(25)11-23-10-15(21-22-23)9-20-19(26)17-8-16(17)14-6-5-12-3-1-2-4-13(12)7-14/h1-7,10,16-17H,8-9,11H2,(H,20,26)(H,24,25). The van der Waals surface area contributed by atoms with Gasteiger partial charge in [0.25, 0.3) is 0 Å². The first-order chi connectivity index (χ1) is 12.6. The molecule has 0 saturated heterocycles. The molecule has 3 aromatic rings. The molecule has 1 aliphatic carbocycles. The van der Waals surface area contributed by atoms with Gasteiger partial charge in [0.05, 0.1) is 12.7 Å². The van der Waals surface area contributed by atoms with E-state index in [1.165, 1.54) is 27.2 Å². The average Bonchev–Trinajstić information content (AvgIpc) is 3.32. The van der Waals surface area contributed by atoms with Gasteiger partial charge in [-0.15, -0.1) is 5.10 Å².